The highest BCUT2D eigenvalue weighted by Gasteiger charge is 2.02. The number of nitrogens with zero attached hydrogens (tertiary/aromatic N) is 2. The molecule has 0 radical (unpaired) electrons. The predicted molar refractivity (Wildman–Crippen MR) is 63.6 cm³/mol. The molecule has 1 amide bonds. The molecule has 6 nitrogen and oxygen atoms in total. The lowest BCUT2D eigenvalue weighted by Crippen LogP contribution is -2.29. The van der Waals surface area contributed by atoms with E-state index < -0.39 is 0 Å². The zero-order chi connectivity index (χ0) is 12.5. The van der Waals surface area contributed by atoms with Crippen molar-refractivity contribution in [2.75, 3.05) is 19.7 Å². The van der Waals surface area contributed by atoms with E-state index in [1.54, 1.807) is 12.4 Å². The number of aryl methyl sites for hydroxylation is 1. The Morgan fingerprint density at radius 3 is 2.76 bits per heavy atom. The van der Waals surface area contributed by atoms with Crippen molar-refractivity contribution < 1.29 is 9.53 Å². The van der Waals surface area contributed by atoms with E-state index in [2.05, 4.69) is 15.3 Å². The largest absolute Gasteiger partial charge is 0.464 e. The van der Waals surface area contributed by atoms with Crippen molar-refractivity contribution in [1.82, 2.24) is 15.3 Å². The summed E-state index contributed by atoms with van der Waals surface area (Å²) in [6.45, 7) is 3.39. The van der Waals surface area contributed by atoms with Crippen LogP contribution >= 0.6 is 0 Å². The van der Waals surface area contributed by atoms with E-state index >= 15 is 0 Å². The van der Waals surface area contributed by atoms with Gasteiger partial charge in [0.1, 0.15) is 0 Å². The highest BCUT2D eigenvalue weighted by Crippen LogP contribution is 2.04. The standard InChI is InChI=1S/C11H18N4O2/c1-2-17-11-14-7-9(8-15-11)3-4-10(16)13-6-5-12/h7-8H,2-6,12H2,1H3,(H,13,16). The van der Waals surface area contributed by atoms with Gasteiger partial charge in [0.25, 0.3) is 0 Å². The normalized spacial score (nSPS) is 10.0. The van der Waals surface area contributed by atoms with Crippen molar-refractivity contribution in [1.29, 1.82) is 0 Å². The molecule has 1 aromatic rings. The molecular weight excluding hydrogens is 220 g/mol. The molecule has 94 valence electrons. The van der Waals surface area contributed by atoms with Gasteiger partial charge in [-0.15, -0.1) is 0 Å². The van der Waals surface area contributed by atoms with Crippen LogP contribution in [0.15, 0.2) is 12.4 Å². The molecular formula is C11H18N4O2. The Bertz CT molecular complexity index is 340. The third-order valence-electron chi connectivity index (χ3n) is 2.06. The summed E-state index contributed by atoms with van der Waals surface area (Å²) >= 11 is 0. The van der Waals surface area contributed by atoms with Crippen LogP contribution in [0.2, 0.25) is 0 Å². The van der Waals surface area contributed by atoms with Crippen LogP contribution in [0.5, 0.6) is 6.01 Å². The molecule has 0 bridgehead atoms. The predicted octanol–water partition coefficient (Wildman–Crippen LogP) is -0.117. The van der Waals surface area contributed by atoms with Gasteiger partial charge in [-0.05, 0) is 18.9 Å². The number of ether oxygens (including phenoxy) is 1. The topological polar surface area (TPSA) is 90.1 Å². The summed E-state index contributed by atoms with van der Waals surface area (Å²) in [5, 5.41) is 2.70. The van der Waals surface area contributed by atoms with Crippen molar-refractivity contribution in [3.8, 4) is 6.01 Å². The molecule has 0 atom stereocenters. The fourth-order valence-electron chi connectivity index (χ4n) is 1.23. The lowest BCUT2D eigenvalue weighted by Gasteiger charge is -2.04. The van der Waals surface area contributed by atoms with Crippen LogP contribution in [0.25, 0.3) is 0 Å². The van der Waals surface area contributed by atoms with Gasteiger partial charge in [-0.1, -0.05) is 0 Å². The minimum atomic E-state index is -0.00988. The molecule has 0 aromatic carbocycles. The average Bonchev–Trinajstić information content (AvgIpc) is 2.36. The number of hydrogen-bond donors (Lipinski definition) is 2. The maximum atomic E-state index is 11.3. The second-order valence-electron chi connectivity index (χ2n) is 3.45. The van der Waals surface area contributed by atoms with Gasteiger partial charge < -0.3 is 15.8 Å². The number of nitrogens with two attached hydrogens (primary N) is 1. The molecule has 0 spiro atoms. The van der Waals surface area contributed by atoms with Crippen molar-refractivity contribution in [2.45, 2.75) is 19.8 Å². The first-order chi connectivity index (χ1) is 8.26. The maximum Gasteiger partial charge on any atom is 0.316 e. The van der Waals surface area contributed by atoms with Gasteiger partial charge >= 0.3 is 6.01 Å². The van der Waals surface area contributed by atoms with Gasteiger partial charge in [-0.2, -0.15) is 0 Å². The van der Waals surface area contributed by atoms with Gasteiger partial charge in [0.15, 0.2) is 0 Å². The second-order valence-corrected chi connectivity index (χ2v) is 3.45. The summed E-state index contributed by atoms with van der Waals surface area (Å²) in [7, 11) is 0. The number of rotatable bonds is 7. The number of aromatic nitrogens is 2. The first-order valence-corrected chi connectivity index (χ1v) is 5.66. The van der Waals surface area contributed by atoms with E-state index in [0.29, 0.717) is 38.5 Å². The molecule has 1 rings (SSSR count). The minimum Gasteiger partial charge on any atom is -0.464 e. The number of hydrogen-bond acceptors (Lipinski definition) is 5. The van der Waals surface area contributed by atoms with E-state index in [0.717, 1.165) is 5.56 Å². The number of amides is 1. The fourth-order valence-corrected chi connectivity index (χ4v) is 1.23. The van der Waals surface area contributed by atoms with Gasteiger partial charge in [0.2, 0.25) is 5.91 Å². The Balaban J connectivity index is 2.34. The average molecular weight is 238 g/mol. The summed E-state index contributed by atoms with van der Waals surface area (Å²) < 4.78 is 5.12. The van der Waals surface area contributed by atoms with E-state index in [4.69, 9.17) is 10.5 Å². The molecule has 0 saturated heterocycles. The Hall–Kier alpha value is -1.69. The Morgan fingerprint density at radius 2 is 2.18 bits per heavy atom. The zero-order valence-corrected chi connectivity index (χ0v) is 9.98. The van der Waals surface area contributed by atoms with Crippen LogP contribution < -0.4 is 15.8 Å². The first kappa shape index (κ1) is 13.4. The lowest BCUT2D eigenvalue weighted by atomic mass is 10.2. The first-order valence-electron chi connectivity index (χ1n) is 5.66. The highest BCUT2D eigenvalue weighted by molar-refractivity contribution is 5.76. The van der Waals surface area contributed by atoms with Gasteiger partial charge in [-0.3, -0.25) is 4.79 Å². The summed E-state index contributed by atoms with van der Waals surface area (Å²) in [4.78, 5) is 19.4. The van der Waals surface area contributed by atoms with Crippen molar-refractivity contribution in [2.24, 2.45) is 5.73 Å². The van der Waals surface area contributed by atoms with Gasteiger partial charge in [-0.25, -0.2) is 9.97 Å². The minimum absolute atomic E-state index is 0.00988. The molecule has 6 heteroatoms. The third-order valence-corrected chi connectivity index (χ3v) is 2.06. The maximum absolute atomic E-state index is 11.3. The Kier molecular flexibility index (Phi) is 5.95. The zero-order valence-electron chi connectivity index (χ0n) is 9.98. The molecule has 0 unspecified atom stereocenters. The summed E-state index contributed by atoms with van der Waals surface area (Å²) in [5.74, 6) is -0.00988. The van der Waals surface area contributed by atoms with E-state index in [-0.39, 0.29) is 5.91 Å². The van der Waals surface area contributed by atoms with Crippen molar-refractivity contribution in [3.05, 3.63) is 18.0 Å². The second kappa shape index (κ2) is 7.56. The molecule has 0 aliphatic heterocycles. The molecule has 0 aliphatic carbocycles. The third kappa shape index (κ3) is 5.26. The molecule has 1 heterocycles. The number of nitrogens with one attached hydrogen (secondary N) is 1. The van der Waals surface area contributed by atoms with Crippen molar-refractivity contribution >= 4 is 5.91 Å². The van der Waals surface area contributed by atoms with Crippen LogP contribution in [-0.4, -0.2) is 35.6 Å². The monoisotopic (exact) mass is 238 g/mol. The van der Waals surface area contributed by atoms with E-state index in [9.17, 15) is 4.79 Å². The van der Waals surface area contributed by atoms with Crippen LogP contribution in [0.4, 0.5) is 0 Å². The Labute approximate surface area is 101 Å². The SMILES string of the molecule is CCOc1ncc(CCC(=O)NCCN)cn1. The quantitative estimate of drug-likeness (QED) is 0.691. The molecule has 0 aliphatic rings. The molecule has 17 heavy (non-hydrogen) atoms. The smallest absolute Gasteiger partial charge is 0.316 e. The van der Waals surface area contributed by atoms with Crippen LogP contribution in [0.1, 0.15) is 18.9 Å². The molecule has 3 N–H and O–H groups in total. The lowest BCUT2D eigenvalue weighted by molar-refractivity contribution is -0.120. The van der Waals surface area contributed by atoms with Crippen LogP contribution in [0.3, 0.4) is 0 Å². The van der Waals surface area contributed by atoms with Crippen molar-refractivity contribution in [3.63, 3.8) is 0 Å². The number of carbonyl (C=O) groups is 1. The molecule has 1 aromatic heterocycles. The molecule has 0 fully saturated rings. The van der Waals surface area contributed by atoms with Gasteiger partial charge in [0.05, 0.1) is 6.61 Å². The Morgan fingerprint density at radius 1 is 1.47 bits per heavy atom. The van der Waals surface area contributed by atoms with Crippen LogP contribution in [-0.2, 0) is 11.2 Å². The van der Waals surface area contributed by atoms with Crippen LogP contribution in [0, 0.1) is 0 Å². The summed E-state index contributed by atoms with van der Waals surface area (Å²) in [6.07, 6.45) is 4.38. The highest BCUT2D eigenvalue weighted by atomic mass is 16.5. The van der Waals surface area contributed by atoms with E-state index in [1.165, 1.54) is 0 Å². The summed E-state index contributed by atoms with van der Waals surface area (Å²) in [6, 6.07) is 0.365. The summed E-state index contributed by atoms with van der Waals surface area (Å²) in [5.41, 5.74) is 6.19. The molecule has 0 saturated carbocycles. The fraction of sp³-hybridized carbons (Fsp3) is 0.545. The number of carbonyl (C=O) groups excluding carboxylic acids is 1. The van der Waals surface area contributed by atoms with Gasteiger partial charge in [0, 0.05) is 31.9 Å². The van der Waals surface area contributed by atoms with E-state index in [1.807, 2.05) is 6.92 Å².